The number of carbonyl (C=O) groups excluding carboxylic acids is 1. The molecule has 6 nitrogen and oxygen atoms in total. The number of rotatable bonds is 7. The van der Waals surface area contributed by atoms with Gasteiger partial charge in [-0.3, -0.25) is 4.79 Å². The summed E-state index contributed by atoms with van der Waals surface area (Å²) in [6, 6.07) is 6.63. The largest absolute Gasteiger partial charge is 0.492 e. The van der Waals surface area contributed by atoms with E-state index in [9.17, 15) is 13.6 Å². The maximum Gasteiger partial charge on any atom is 0.254 e. The van der Waals surface area contributed by atoms with Gasteiger partial charge in [-0.2, -0.15) is 0 Å². The zero-order chi connectivity index (χ0) is 21.2. The smallest absolute Gasteiger partial charge is 0.254 e. The molecule has 1 atom stereocenters. The number of benzene rings is 2. The van der Waals surface area contributed by atoms with E-state index in [4.69, 9.17) is 19.9 Å². The van der Waals surface area contributed by atoms with Gasteiger partial charge in [0.1, 0.15) is 22.9 Å². The minimum atomic E-state index is -0.824. The summed E-state index contributed by atoms with van der Waals surface area (Å²) in [6.07, 6.45) is 0.307. The number of primary amides is 1. The van der Waals surface area contributed by atoms with Gasteiger partial charge in [-0.25, -0.2) is 8.78 Å². The monoisotopic (exact) mass is 518 g/mol. The fraction of sp³-hybridized carbons (Fsp3) is 0.350. The molecule has 3 rings (SSSR count). The number of hydrogen-bond acceptors (Lipinski definition) is 5. The van der Waals surface area contributed by atoms with Crippen molar-refractivity contribution in [3.05, 3.63) is 51.1 Å². The molecule has 0 unspecified atom stereocenters. The van der Waals surface area contributed by atoms with Crippen molar-refractivity contribution in [3.63, 3.8) is 0 Å². The molecule has 2 aromatic carbocycles. The Morgan fingerprint density at radius 3 is 2.69 bits per heavy atom. The first kappa shape index (κ1) is 21.7. The highest BCUT2D eigenvalue weighted by atomic mass is 127. The molecule has 1 fully saturated rings. The number of nitrogens with one attached hydrogen (secondary N) is 1. The van der Waals surface area contributed by atoms with Crippen LogP contribution in [0, 0.1) is 15.2 Å². The van der Waals surface area contributed by atoms with E-state index in [1.165, 1.54) is 12.1 Å². The van der Waals surface area contributed by atoms with Crippen LogP contribution in [-0.4, -0.2) is 31.0 Å². The Bertz CT molecular complexity index is 924. The fourth-order valence-corrected chi connectivity index (χ4v) is 3.44. The summed E-state index contributed by atoms with van der Waals surface area (Å²) in [6.45, 7) is 4.20. The van der Waals surface area contributed by atoms with Gasteiger partial charge in [0, 0.05) is 16.1 Å². The molecule has 2 aromatic rings. The van der Waals surface area contributed by atoms with Crippen LogP contribution in [0.4, 0.5) is 20.2 Å². The quantitative estimate of drug-likeness (QED) is 0.534. The minimum absolute atomic E-state index is 0.0224. The Morgan fingerprint density at radius 1 is 1.31 bits per heavy atom. The van der Waals surface area contributed by atoms with Crippen LogP contribution in [0.5, 0.6) is 5.75 Å². The van der Waals surface area contributed by atoms with Crippen molar-refractivity contribution < 1.29 is 27.8 Å². The maximum atomic E-state index is 14.2. The molecule has 9 heteroatoms. The summed E-state index contributed by atoms with van der Waals surface area (Å²) in [4.78, 5) is 12.0. The molecule has 1 saturated heterocycles. The van der Waals surface area contributed by atoms with Gasteiger partial charge >= 0.3 is 0 Å². The van der Waals surface area contributed by atoms with Gasteiger partial charge in [0.25, 0.3) is 5.91 Å². The van der Waals surface area contributed by atoms with Gasteiger partial charge in [-0.1, -0.05) is 0 Å². The molecular formula is C20H21F2IN2O4. The number of amides is 1. The van der Waals surface area contributed by atoms with E-state index < -0.39 is 23.3 Å². The van der Waals surface area contributed by atoms with Crippen molar-refractivity contribution in [2.24, 2.45) is 5.73 Å². The Labute approximate surface area is 180 Å². The molecule has 0 saturated carbocycles. The number of anilines is 2. The summed E-state index contributed by atoms with van der Waals surface area (Å²) >= 11 is 1.97. The van der Waals surface area contributed by atoms with Crippen molar-refractivity contribution >= 4 is 39.9 Å². The molecule has 156 valence electrons. The average Bonchev–Trinajstić information content (AvgIpc) is 2.95. The molecule has 0 aromatic heterocycles. The van der Waals surface area contributed by atoms with E-state index >= 15 is 0 Å². The van der Waals surface area contributed by atoms with Crippen LogP contribution in [0.25, 0.3) is 0 Å². The lowest BCUT2D eigenvalue weighted by Crippen LogP contribution is -2.22. The van der Waals surface area contributed by atoms with Crippen LogP contribution < -0.4 is 15.8 Å². The standard InChI is InChI=1S/C20H21F2IN2O4/c1-20(2)28-10-13(29-20)5-6-27-17-8-11(21)7-16(18(17)19(24)26)25-15-4-3-12(23)9-14(15)22/h3-4,7-9,13,25H,5-6,10H2,1-2H3,(H2,24,26)/t13-/m1/s1. The fourth-order valence-electron chi connectivity index (χ4n) is 2.99. The molecule has 0 aliphatic carbocycles. The van der Waals surface area contributed by atoms with Crippen molar-refractivity contribution in [1.29, 1.82) is 0 Å². The second-order valence-electron chi connectivity index (χ2n) is 7.03. The first-order chi connectivity index (χ1) is 13.6. The minimum Gasteiger partial charge on any atom is -0.492 e. The maximum absolute atomic E-state index is 14.2. The van der Waals surface area contributed by atoms with Gasteiger partial charge in [0.05, 0.1) is 30.7 Å². The van der Waals surface area contributed by atoms with E-state index in [1.807, 2.05) is 36.4 Å². The third kappa shape index (κ3) is 5.55. The molecule has 1 aliphatic rings. The zero-order valence-corrected chi connectivity index (χ0v) is 18.1. The van der Waals surface area contributed by atoms with Crippen LogP contribution in [0.1, 0.15) is 30.6 Å². The molecule has 1 aliphatic heterocycles. The topological polar surface area (TPSA) is 82.8 Å². The number of halogens is 3. The summed E-state index contributed by atoms with van der Waals surface area (Å²) in [7, 11) is 0. The van der Waals surface area contributed by atoms with Gasteiger partial charge in [-0.05, 0) is 60.7 Å². The van der Waals surface area contributed by atoms with E-state index in [2.05, 4.69) is 5.32 Å². The molecule has 0 bridgehead atoms. The van der Waals surface area contributed by atoms with Crippen molar-refractivity contribution in [2.45, 2.75) is 32.2 Å². The Hall–Kier alpha value is -1.98. The first-order valence-corrected chi connectivity index (χ1v) is 10.0. The Balaban J connectivity index is 1.79. The molecular weight excluding hydrogens is 497 g/mol. The van der Waals surface area contributed by atoms with Crippen LogP contribution in [-0.2, 0) is 9.47 Å². The Kier molecular flexibility index (Phi) is 6.59. The molecule has 0 spiro atoms. The van der Waals surface area contributed by atoms with Gasteiger partial charge < -0.3 is 25.3 Å². The molecule has 0 radical (unpaired) electrons. The molecule has 1 heterocycles. The van der Waals surface area contributed by atoms with Gasteiger partial charge in [-0.15, -0.1) is 0 Å². The summed E-state index contributed by atoms with van der Waals surface area (Å²) in [5, 5.41) is 2.73. The predicted molar refractivity (Wildman–Crippen MR) is 112 cm³/mol. The average molecular weight is 518 g/mol. The van der Waals surface area contributed by atoms with E-state index in [0.29, 0.717) is 16.6 Å². The van der Waals surface area contributed by atoms with Crippen LogP contribution in [0.15, 0.2) is 30.3 Å². The van der Waals surface area contributed by atoms with Crippen molar-refractivity contribution in [2.75, 3.05) is 18.5 Å². The number of nitrogens with two attached hydrogens (primary N) is 1. The Morgan fingerprint density at radius 2 is 2.07 bits per heavy atom. The van der Waals surface area contributed by atoms with E-state index in [1.54, 1.807) is 6.07 Å². The van der Waals surface area contributed by atoms with Crippen LogP contribution >= 0.6 is 22.6 Å². The van der Waals surface area contributed by atoms with Crippen molar-refractivity contribution in [1.82, 2.24) is 0 Å². The number of hydrogen-bond donors (Lipinski definition) is 2. The normalized spacial score (nSPS) is 17.9. The third-order valence-electron chi connectivity index (χ3n) is 4.28. The second kappa shape index (κ2) is 8.80. The molecule has 29 heavy (non-hydrogen) atoms. The van der Waals surface area contributed by atoms with Gasteiger partial charge in [0.15, 0.2) is 5.79 Å². The summed E-state index contributed by atoms with van der Waals surface area (Å²) in [5.41, 5.74) is 5.54. The highest BCUT2D eigenvalue weighted by molar-refractivity contribution is 14.1. The van der Waals surface area contributed by atoms with Crippen LogP contribution in [0.2, 0.25) is 0 Å². The number of carbonyl (C=O) groups is 1. The predicted octanol–water partition coefficient (Wildman–Crippen LogP) is 4.33. The molecule has 3 N–H and O–H groups in total. The molecule has 1 amide bonds. The number of ether oxygens (including phenoxy) is 3. The van der Waals surface area contributed by atoms with E-state index in [0.717, 1.165) is 12.1 Å². The lowest BCUT2D eigenvalue weighted by molar-refractivity contribution is -0.139. The lowest BCUT2D eigenvalue weighted by atomic mass is 10.1. The van der Waals surface area contributed by atoms with Gasteiger partial charge in [0.2, 0.25) is 0 Å². The zero-order valence-electron chi connectivity index (χ0n) is 15.9. The highest BCUT2D eigenvalue weighted by Gasteiger charge is 2.32. The first-order valence-electron chi connectivity index (χ1n) is 8.94. The summed E-state index contributed by atoms with van der Waals surface area (Å²) in [5.74, 6) is -2.70. The van der Waals surface area contributed by atoms with E-state index in [-0.39, 0.29) is 35.4 Å². The second-order valence-corrected chi connectivity index (χ2v) is 8.27. The summed E-state index contributed by atoms with van der Waals surface area (Å²) < 4.78 is 45.8. The lowest BCUT2D eigenvalue weighted by Gasteiger charge is -2.18. The SMILES string of the molecule is CC1(C)OC[C@@H](CCOc2cc(F)cc(Nc3ccc(I)cc3F)c2C(N)=O)O1. The van der Waals surface area contributed by atoms with Crippen LogP contribution in [0.3, 0.4) is 0 Å². The highest BCUT2D eigenvalue weighted by Crippen LogP contribution is 2.32. The third-order valence-corrected chi connectivity index (χ3v) is 4.95. The van der Waals surface area contributed by atoms with Crippen molar-refractivity contribution in [3.8, 4) is 5.75 Å².